The number of carbonyl (C=O) groups is 1. The third kappa shape index (κ3) is 4.74. The number of aromatic nitrogens is 1. The number of hydrogen-bond acceptors (Lipinski definition) is 1. The topological polar surface area (TPSA) is 25.2 Å². The van der Waals surface area contributed by atoms with Crippen LogP contribution in [-0.4, -0.2) is 21.4 Å². The summed E-state index contributed by atoms with van der Waals surface area (Å²) in [5, 5.41) is 1.27. The maximum atomic E-state index is 13.5. The van der Waals surface area contributed by atoms with E-state index in [0.717, 1.165) is 42.0 Å². The molecule has 1 amide bonds. The van der Waals surface area contributed by atoms with Gasteiger partial charge in [-0.15, -0.1) is 0 Å². The minimum Gasteiger partial charge on any atom is -0.345 e. The van der Waals surface area contributed by atoms with Gasteiger partial charge >= 0.3 is 0 Å². The zero-order chi connectivity index (χ0) is 20.9. The van der Waals surface area contributed by atoms with Crippen molar-refractivity contribution in [3.05, 3.63) is 93.7 Å². The molecule has 1 heterocycles. The minimum atomic E-state index is 0.0120. The van der Waals surface area contributed by atoms with Crippen molar-refractivity contribution >= 4 is 29.1 Å². The summed E-state index contributed by atoms with van der Waals surface area (Å²) in [6.45, 7) is 1.24. The zero-order valence-corrected chi connectivity index (χ0v) is 18.4. The molecule has 1 aromatic heterocycles. The van der Waals surface area contributed by atoms with Crippen molar-refractivity contribution in [2.45, 2.75) is 51.2 Å². The molecule has 3 nitrogen and oxygen atoms in total. The highest BCUT2D eigenvalue weighted by atomic mass is 35.5. The summed E-state index contributed by atoms with van der Waals surface area (Å²) in [4.78, 5) is 15.6. The lowest BCUT2D eigenvalue weighted by molar-refractivity contribution is 0.0609. The van der Waals surface area contributed by atoms with E-state index in [1.807, 2.05) is 53.4 Å². The molecule has 156 valence electrons. The molecule has 0 saturated heterocycles. The van der Waals surface area contributed by atoms with Crippen molar-refractivity contribution in [3.8, 4) is 0 Å². The third-order valence-corrected chi connectivity index (χ3v) is 6.63. The third-order valence-electron chi connectivity index (χ3n) is 5.93. The van der Waals surface area contributed by atoms with Crippen molar-refractivity contribution in [3.63, 3.8) is 0 Å². The van der Waals surface area contributed by atoms with Gasteiger partial charge in [0.2, 0.25) is 0 Å². The first kappa shape index (κ1) is 21.0. The lowest BCUT2D eigenvalue weighted by Gasteiger charge is -2.35. The van der Waals surface area contributed by atoms with Gasteiger partial charge in [0.1, 0.15) is 0 Å². The molecule has 1 aliphatic carbocycles. The van der Waals surface area contributed by atoms with Crippen molar-refractivity contribution in [2.75, 3.05) is 0 Å². The monoisotopic (exact) mass is 440 g/mol. The molecule has 3 aromatic rings. The maximum Gasteiger partial charge on any atom is 0.255 e. The Morgan fingerprint density at radius 2 is 1.60 bits per heavy atom. The fourth-order valence-electron chi connectivity index (χ4n) is 4.28. The van der Waals surface area contributed by atoms with E-state index in [1.54, 1.807) is 6.07 Å². The van der Waals surface area contributed by atoms with Crippen molar-refractivity contribution < 1.29 is 4.79 Å². The first-order chi connectivity index (χ1) is 14.6. The smallest absolute Gasteiger partial charge is 0.255 e. The number of hydrogen-bond donors (Lipinski definition) is 0. The van der Waals surface area contributed by atoms with E-state index in [2.05, 4.69) is 16.8 Å². The summed E-state index contributed by atoms with van der Waals surface area (Å²) in [5.74, 6) is 0.0120. The first-order valence-corrected chi connectivity index (χ1v) is 11.3. The molecule has 1 aliphatic rings. The van der Waals surface area contributed by atoms with Crippen LogP contribution in [0.4, 0.5) is 0 Å². The largest absolute Gasteiger partial charge is 0.345 e. The van der Waals surface area contributed by atoms with Crippen LogP contribution in [-0.2, 0) is 13.1 Å². The first-order valence-electron chi connectivity index (χ1n) is 10.6. The highest BCUT2D eigenvalue weighted by molar-refractivity contribution is 6.33. The SMILES string of the molecule is O=C(c1ccccc1Cl)N(Cc1cccn1Cc1ccccc1Cl)C1CCCCC1. The van der Waals surface area contributed by atoms with Gasteiger partial charge in [0.15, 0.2) is 0 Å². The molecule has 4 rings (SSSR count). The standard InChI is InChI=1S/C25H26Cl2N2O/c26-23-14-6-4-9-19(23)17-28-16-8-12-21(28)18-29(20-10-2-1-3-11-20)25(30)22-13-5-7-15-24(22)27/h4-9,12-16,20H,1-3,10-11,17-18H2. The van der Waals surface area contributed by atoms with E-state index in [-0.39, 0.29) is 11.9 Å². The second kappa shape index (κ2) is 9.72. The van der Waals surface area contributed by atoms with Crippen LogP contribution >= 0.6 is 23.2 Å². The molecule has 0 aliphatic heterocycles. The van der Waals surface area contributed by atoms with E-state index in [0.29, 0.717) is 23.7 Å². The lowest BCUT2D eigenvalue weighted by Crippen LogP contribution is -2.41. The number of amides is 1. The summed E-state index contributed by atoms with van der Waals surface area (Å²) >= 11 is 12.7. The van der Waals surface area contributed by atoms with Crippen molar-refractivity contribution in [1.29, 1.82) is 0 Å². The molecule has 0 spiro atoms. The summed E-state index contributed by atoms with van der Waals surface area (Å²) in [5.41, 5.74) is 2.74. The van der Waals surface area contributed by atoms with Crippen LogP contribution in [0.2, 0.25) is 10.0 Å². The van der Waals surface area contributed by atoms with Crippen LogP contribution in [0.3, 0.4) is 0 Å². The van der Waals surface area contributed by atoms with E-state index in [1.165, 1.54) is 6.42 Å². The Kier molecular flexibility index (Phi) is 6.81. The Morgan fingerprint density at radius 1 is 0.900 bits per heavy atom. The average Bonchev–Trinajstić information content (AvgIpc) is 3.21. The molecule has 30 heavy (non-hydrogen) atoms. The van der Waals surface area contributed by atoms with Crippen molar-refractivity contribution in [1.82, 2.24) is 9.47 Å². The van der Waals surface area contributed by atoms with Gasteiger partial charge < -0.3 is 9.47 Å². The molecule has 1 fully saturated rings. The quantitative estimate of drug-likeness (QED) is 0.412. The summed E-state index contributed by atoms with van der Waals surface area (Å²) in [7, 11) is 0. The van der Waals surface area contributed by atoms with Crippen molar-refractivity contribution in [2.24, 2.45) is 0 Å². The number of nitrogens with zero attached hydrogens (tertiary/aromatic N) is 2. The van der Waals surface area contributed by atoms with E-state index in [9.17, 15) is 4.79 Å². The van der Waals surface area contributed by atoms with Gasteiger partial charge in [-0.2, -0.15) is 0 Å². The summed E-state index contributed by atoms with van der Waals surface area (Å²) in [6, 6.07) is 19.6. The summed E-state index contributed by atoms with van der Waals surface area (Å²) in [6.07, 6.45) is 7.71. The van der Waals surface area contributed by atoms with Gasteiger partial charge in [0, 0.05) is 29.5 Å². The normalized spacial score (nSPS) is 14.6. The second-order valence-corrected chi connectivity index (χ2v) is 8.74. The van der Waals surface area contributed by atoms with Crippen LogP contribution in [0.15, 0.2) is 66.9 Å². The number of carbonyl (C=O) groups excluding carboxylic acids is 1. The molecule has 1 saturated carbocycles. The summed E-state index contributed by atoms with van der Waals surface area (Å²) < 4.78 is 2.18. The lowest BCUT2D eigenvalue weighted by atomic mass is 9.93. The molecule has 2 aromatic carbocycles. The fraction of sp³-hybridized carbons (Fsp3) is 0.320. The van der Waals surface area contributed by atoms with Crippen LogP contribution in [0, 0.1) is 0 Å². The van der Waals surface area contributed by atoms with Gasteiger partial charge in [-0.3, -0.25) is 4.79 Å². The Balaban J connectivity index is 1.61. The molecule has 0 atom stereocenters. The number of rotatable bonds is 6. The van der Waals surface area contributed by atoms with Gasteiger partial charge in [0.05, 0.1) is 17.1 Å². The van der Waals surface area contributed by atoms with Gasteiger partial charge in [0.25, 0.3) is 5.91 Å². The molecule has 0 bridgehead atoms. The minimum absolute atomic E-state index is 0.0120. The predicted molar refractivity (Wildman–Crippen MR) is 123 cm³/mol. The number of halogens is 2. The predicted octanol–water partition coefficient (Wildman–Crippen LogP) is 6.82. The Labute approximate surface area is 188 Å². The average molecular weight is 441 g/mol. The van der Waals surface area contributed by atoms with E-state index < -0.39 is 0 Å². The van der Waals surface area contributed by atoms with Gasteiger partial charge in [-0.05, 0) is 48.7 Å². The fourth-order valence-corrected chi connectivity index (χ4v) is 4.69. The Hall–Kier alpha value is -2.23. The maximum absolute atomic E-state index is 13.5. The Bertz CT molecular complexity index is 1010. The molecule has 0 N–H and O–H groups in total. The molecule has 0 radical (unpaired) electrons. The number of benzene rings is 2. The van der Waals surface area contributed by atoms with Crippen LogP contribution < -0.4 is 0 Å². The molecule has 5 heteroatoms. The van der Waals surface area contributed by atoms with Crippen LogP contribution in [0.25, 0.3) is 0 Å². The highest BCUT2D eigenvalue weighted by Gasteiger charge is 2.28. The molecular weight excluding hydrogens is 415 g/mol. The molecular formula is C25H26Cl2N2O. The second-order valence-electron chi connectivity index (χ2n) is 7.92. The highest BCUT2D eigenvalue weighted by Crippen LogP contribution is 2.28. The van der Waals surface area contributed by atoms with E-state index in [4.69, 9.17) is 23.2 Å². The van der Waals surface area contributed by atoms with Gasteiger partial charge in [-0.1, -0.05) is 72.8 Å². The van der Waals surface area contributed by atoms with Crippen LogP contribution in [0.1, 0.15) is 53.7 Å². The zero-order valence-electron chi connectivity index (χ0n) is 16.9. The van der Waals surface area contributed by atoms with Crippen LogP contribution in [0.5, 0.6) is 0 Å². The Morgan fingerprint density at radius 3 is 2.33 bits per heavy atom. The van der Waals surface area contributed by atoms with E-state index >= 15 is 0 Å². The van der Waals surface area contributed by atoms with Gasteiger partial charge in [-0.25, -0.2) is 0 Å². The molecule has 0 unspecified atom stereocenters.